The fourth-order valence-corrected chi connectivity index (χ4v) is 4.61. The summed E-state index contributed by atoms with van der Waals surface area (Å²) in [5, 5.41) is 1.51. The topological polar surface area (TPSA) is 90.0 Å². The molecular weight excluding hydrogens is 386 g/mol. The summed E-state index contributed by atoms with van der Waals surface area (Å²) in [4.78, 5) is 27.6. The van der Waals surface area contributed by atoms with E-state index in [0.29, 0.717) is 0 Å². The van der Waals surface area contributed by atoms with Crippen LogP contribution in [0, 0.1) is 0 Å². The van der Waals surface area contributed by atoms with E-state index in [4.69, 9.17) is 4.74 Å². The van der Waals surface area contributed by atoms with Crippen LogP contribution in [0.5, 0.6) is 0 Å². The quantitative estimate of drug-likeness (QED) is 0.710. The maximum atomic E-state index is 12.4. The minimum atomic E-state index is -4.37. The van der Waals surface area contributed by atoms with Gasteiger partial charge >= 0.3 is 22.1 Å². The highest BCUT2D eigenvalue weighted by Gasteiger charge is 2.38. The van der Waals surface area contributed by atoms with Gasteiger partial charge in [-0.05, 0) is 52.6 Å². The summed E-state index contributed by atoms with van der Waals surface area (Å²) in [6.07, 6.45) is -1.29. The normalized spacial score (nSPS) is 11.9. The molecule has 10 heteroatoms. The number of amides is 1. The fraction of sp³-hybridized carbons (Fsp3) is 0.455. The van der Waals surface area contributed by atoms with Crippen molar-refractivity contribution in [1.82, 2.24) is 4.47 Å². The molecule has 0 aliphatic heterocycles. The molecule has 1 aromatic rings. The van der Waals surface area contributed by atoms with Crippen LogP contribution in [0.2, 0.25) is 0 Å². The Hall–Kier alpha value is -1.13. The minimum Gasteiger partial charge on any atom is -0.441 e. The van der Waals surface area contributed by atoms with Gasteiger partial charge in [-0.3, -0.25) is 0 Å². The van der Waals surface area contributed by atoms with E-state index >= 15 is 0 Å². The molecular formula is C11H14BrNO6S2. The number of carbonyl (C=O) groups excluding carboxylic acids is 2. The van der Waals surface area contributed by atoms with Crippen molar-refractivity contribution in [3.05, 3.63) is 15.9 Å². The highest BCUT2D eigenvalue weighted by atomic mass is 79.9. The first kappa shape index (κ1) is 17.9. The number of rotatable bonds is 2. The molecule has 0 unspecified atom stereocenters. The van der Waals surface area contributed by atoms with Crippen LogP contribution in [-0.2, 0) is 24.4 Å². The summed E-state index contributed by atoms with van der Waals surface area (Å²) in [6, 6.07) is 1.50. The summed E-state index contributed by atoms with van der Waals surface area (Å²) < 4.78 is 29.8. The first-order valence-electron chi connectivity index (χ1n) is 5.65. The van der Waals surface area contributed by atoms with Crippen molar-refractivity contribution < 1.29 is 27.6 Å². The van der Waals surface area contributed by atoms with E-state index in [1.165, 1.54) is 11.4 Å². The Bertz CT molecular complexity index is 646. The molecule has 21 heavy (non-hydrogen) atoms. The van der Waals surface area contributed by atoms with E-state index in [-0.39, 0.29) is 13.2 Å². The number of hydrogen-bond donors (Lipinski definition) is 0. The van der Waals surface area contributed by atoms with Gasteiger partial charge < -0.3 is 9.57 Å². The largest absolute Gasteiger partial charge is 0.459 e. The molecule has 0 fully saturated rings. The summed E-state index contributed by atoms with van der Waals surface area (Å²) in [5.41, 5.74) is -0.947. The number of sulfonamides is 1. The van der Waals surface area contributed by atoms with Crippen LogP contribution >= 0.6 is 27.3 Å². The predicted molar refractivity (Wildman–Crippen MR) is 79.0 cm³/mol. The first-order chi connectivity index (χ1) is 9.45. The van der Waals surface area contributed by atoms with Crippen LogP contribution in [0.3, 0.4) is 0 Å². The molecule has 1 rings (SSSR count). The summed E-state index contributed by atoms with van der Waals surface area (Å²) in [5.74, 6) is -0.961. The van der Waals surface area contributed by atoms with Crippen LogP contribution in [0.4, 0.5) is 4.79 Å². The second-order valence-corrected chi connectivity index (χ2v) is 8.57. The molecule has 1 amide bonds. The van der Waals surface area contributed by atoms with Crippen molar-refractivity contribution in [3.63, 3.8) is 0 Å². The van der Waals surface area contributed by atoms with Gasteiger partial charge in [0.25, 0.3) is 0 Å². The van der Waals surface area contributed by atoms with Crippen molar-refractivity contribution >= 4 is 49.4 Å². The summed E-state index contributed by atoms with van der Waals surface area (Å²) >= 11 is 3.93. The van der Waals surface area contributed by atoms with E-state index in [0.717, 1.165) is 18.3 Å². The third kappa shape index (κ3) is 4.68. The smallest absolute Gasteiger partial charge is 0.441 e. The third-order valence-electron chi connectivity index (χ3n) is 1.79. The number of hydroxylamine groups is 1. The Morgan fingerprint density at radius 2 is 1.90 bits per heavy atom. The van der Waals surface area contributed by atoms with E-state index in [1.54, 1.807) is 20.8 Å². The lowest BCUT2D eigenvalue weighted by atomic mass is 10.2. The van der Waals surface area contributed by atoms with E-state index in [2.05, 4.69) is 20.8 Å². The van der Waals surface area contributed by atoms with Gasteiger partial charge in [0, 0.05) is 11.4 Å². The standard InChI is InChI=1S/C11H14BrNO6S2/c1-7(14)19-13(10(15)18-11(2,3)4)21(16,17)9-8(12)5-6-20-9/h5-6H,1-4H3. The molecule has 0 aliphatic carbocycles. The summed E-state index contributed by atoms with van der Waals surface area (Å²) in [6.45, 7) is 5.66. The fourth-order valence-electron chi connectivity index (χ4n) is 1.14. The zero-order valence-corrected chi connectivity index (χ0v) is 15.0. The zero-order chi connectivity index (χ0) is 16.4. The molecule has 0 saturated heterocycles. The van der Waals surface area contributed by atoms with E-state index < -0.39 is 27.7 Å². The lowest BCUT2D eigenvalue weighted by Gasteiger charge is -2.24. The molecule has 0 bridgehead atoms. The second-order valence-electron chi connectivity index (χ2n) is 4.85. The molecule has 0 atom stereocenters. The average molecular weight is 400 g/mol. The van der Waals surface area contributed by atoms with Gasteiger partial charge in [0.1, 0.15) is 5.60 Å². The lowest BCUT2D eigenvalue weighted by molar-refractivity contribution is -0.164. The molecule has 0 aliphatic rings. The van der Waals surface area contributed by atoms with Crippen LogP contribution in [0.25, 0.3) is 0 Å². The molecule has 118 valence electrons. The van der Waals surface area contributed by atoms with Gasteiger partial charge in [-0.25, -0.2) is 9.59 Å². The Kier molecular flexibility index (Phi) is 5.40. The van der Waals surface area contributed by atoms with Gasteiger partial charge in [0.15, 0.2) is 4.21 Å². The number of ether oxygens (including phenoxy) is 1. The Labute approximate surface area is 135 Å². The molecule has 0 radical (unpaired) electrons. The number of carbonyl (C=O) groups is 2. The molecule has 7 nitrogen and oxygen atoms in total. The number of halogens is 1. The van der Waals surface area contributed by atoms with E-state index in [1.807, 2.05) is 0 Å². The highest BCUT2D eigenvalue weighted by Crippen LogP contribution is 2.31. The summed E-state index contributed by atoms with van der Waals surface area (Å²) in [7, 11) is -4.37. The lowest BCUT2D eigenvalue weighted by Crippen LogP contribution is -2.41. The SMILES string of the molecule is CC(=O)ON(C(=O)OC(C)(C)C)S(=O)(=O)c1sccc1Br. The monoisotopic (exact) mass is 399 g/mol. The second kappa shape index (κ2) is 6.32. The number of nitrogens with zero attached hydrogens (tertiary/aromatic N) is 1. The molecule has 0 saturated carbocycles. The maximum absolute atomic E-state index is 12.4. The number of thiophene rings is 1. The van der Waals surface area contributed by atoms with Gasteiger partial charge in [-0.2, -0.15) is 8.42 Å². The van der Waals surface area contributed by atoms with Crippen LogP contribution in [-0.4, -0.2) is 30.5 Å². The zero-order valence-electron chi connectivity index (χ0n) is 11.7. The van der Waals surface area contributed by atoms with Gasteiger partial charge in [0.05, 0.1) is 0 Å². The van der Waals surface area contributed by atoms with Crippen molar-refractivity contribution in [2.45, 2.75) is 37.5 Å². The van der Waals surface area contributed by atoms with Gasteiger partial charge in [0.2, 0.25) is 0 Å². The van der Waals surface area contributed by atoms with Crippen molar-refractivity contribution in [3.8, 4) is 0 Å². The van der Waals surface area contributed by atoms with Crippen molar-refractivity contribution in [2.75, 3.05) is 0 Å². The first-order valence-corrected chi connectivity index (χ1v) is 8.76. The Morgan fingerprint density at radius 1 is 1.33 bits per heavy atom. The van der Waals surface area contributed by atoms with E-state index in [9.17, 15) is 18.0 Å². The molecule has 1 aromatic heterocycles. The minimum absolute atomic E-state index is 0.0445. The number of hydrogen-bond acceptors (Lipinski definition) is 7. The Morgan fingerprint density at radius 3 is 2.29 bits per heavy atom. The molecule has 1 heterocycles. The highest BCUT2D eigenvalue weighted by molar-refractivity contribution is 9.10. The average Bonchev–Trinajstić information content (AvgIpc) is 2.70. The molecule has 0 spiro atoms. The molecule has 0 N–H and O–H groups in total. The molecule has 0 aromatic carbocycles. The Balaban J connectivity index is 3.23. The maximum Gasteiger partial charge on any atom is 0.459 e. The van der Waals surface area contributed by atoms with Gasteiger partial charge in [-0.1, -0.05) is 0 Å². The van der Waals surface area contributed by atoms with Crippen molar-refractivity contribution in [1.29, 1.82) is 0 Å². The van der Waals surface area contributed by atoms with Gasteiger partial charge in [-0.15, -0.1) is 11.3 Å². The predicted octanol–water partition coefficient (Wildman–Crippen LogP) is 2.91. The van der Waals surface area contributed by atoms with Crippen LogP contribution in [0.1, 0.15) is 27.7 Å². The van der Waals surface area contributed by atoms with Crippen LogP contribution < -0.4 is 0 Å². The third-order valence-corrected chi connectivity index (χ3v) is 5.95. The van der Waals surface area contributed by atoms with Crippen LogP contribution in [0.15, 0.2) is 20.1 Å². The van der Waals surface area contributed by atoms with Crippen molar-refractivity contribution in [2.24, 2.45) is 0 Å².